The van der Waals surface area contributed by atoms with Gasteiger partial charge in [0.15, 0.2) is 5.76 Å². The third-order valence-electron chi connectivity index (χ3n) is 5.82. The molecule has 0 radical (unpaired) electrons. The van der Waals surface area contributed by atoms with Crippen LogP contribution in [-0.4, -0.2) is 23.4 Å². The summed E-state index contributed by atoms with van der Waals surface area (Å²) < 4.78 is 44.4. The topological polar surface area (TPSA) is 45.5 Å². The molecular formula is C24H31F3N2O2. The Kier molecular flexibility index (Phi) is 8.18. The first-order valence-electron chi connectivity index (χ1n) is 11.1. The van der Waals surface area contributed by atoms with Crippen LogP contribution in [0.5, 0.6) is 0 Å². The highest BCUT2D eigenvalue weighted by Gasteiger charge is 2.30. The van der Waals surface area contributed by atoms with Crippen molar-refractivity contribution in [2.75, 3.05) is 6.54 Å². The molecular weight excluding hydrogens is 405 g/mol. The highest BCUT2D eigenvalue weighted by Crippen LogP contribution is 2.30. The minimum atomic E-state index is -4.33. The number of furan rings is 1. The molecule has 1 aromatic carbocycles. The van der Waals surface area contributed by atoms with Gasteiger partial charge in [0.25, 0.3) is 5.91 Å². The van der Waals surface area contributed by atoms with Gasteiger partial charge in [-0.3, -0.25) is 9.69 Å². The zero-order valence-electron chi connectivity index (χ0n) is 18.0. The number of carbonyl (C=O) groups is 1. The van der Waals surface area contributed by atoms with Gasteiger partial charge < -0.3 is 9.73 Å². The van der Waals surface area contributed by atoms with Crippen LogP contribution >= 0.6 is 0 Å². The Bertz CT molecular complexity index is 824. The summed E-state index contributed by atoms with van der Waals surface area (Å²) in [4.78, 5) is 14.5. The summed E-state index contributed by atoms with van der Waals surface area (Å²) in [6, 6.07) is 9.23. The number of carbonyl (C=O) groups excluding carboxylic acids is 1. The van der Waals surface area contributed by atoms with Gasteiger partial charge in [0, 0.05) is 19.1 Å². The molecule has 0 bridgehead atoms. The van der Waals surface area contributed by atoms with Gasteiger partial charge in [0.2, 0.25) is 0 Å². The molecule has 170 valence electrons. The van der Waals surface area contributed by atoms with Gasteiger partial charge >= 0.3 is 6.18 Å². The van der Waals surface area contributed by atoms with Gasteiger partial charge in [-0.1, -0.05) is 44.7 Å². The van der Waals surface area contributed by atoms with Crippen molar-refractivity contribution in [2.45, 2.75) is 77.2 Å². The van der Waals surface area contributed by atoms with Crippen molar-refractivity contribution >= 4 is 5.91 Å². The molecule has 1 fully saturated rings. The van der Waals surface area contributed by atoms with E-state index >= 15 is 0 Å². The molecule has 0 aliphatic heterocycles. The lowest BCUT2D eigenvalue weighted by Crippen LogP contribution is -2.35. The molecule has 1 saturated carbocycles. The molecule has 0 unspecified atom stereocenters. The molecule has 4 nitrogen and oxygen atoms in total. The predicted molar refractivity (Wildman–Crippen MR) is 114 cm³/mol. The maximum atomic E-state index is 12.9. The number of hydrogen-bond donors (Lipinski definition) is 1. The van der Waals surface area contributed by atoms with Crippen LogP contribution in [0.25, 0.3) is 0 Å². The number of benzene rings is 1. The van der Waals surface area contributed by atoms with Crippen LogP contribution in [-0.2, 0) is 19.3 Å². The fourth-order valence-electron chi connectivity index (χ4n) is 4.04. The van der Waals surface area contributed by atoms with Crippen molar-refractivity contribution in [1.82, 2.24) is 10.2 Å². The minimum Gasteiger partial charge on any atom is -0.455 e. The van der Waals surface area contributed by atoms with Crippen molar-refractivity contribution in [3.8, 4) is 0 Å². The minimum absolute atomic E-state index is 0.216. The van der Waals surface area contributed by atoms with Gasteiger partial charge in [-0.15, -0.1) is 0 Å². The predicted octanol–water partition coefficient (Wildman–Crippen LogP) is 6.16. The molecule has 1 N–H and O–H groups in total. The SMILES string of the molecule is CCCCNC(=O)c1ccc(CN(Cc2ccc(C(F)(F)F)cc2)C2CCCCC2)o1. The highest BCUT2D eigenvalue weighted by molar-refractivity contribution is 5.91. The molecule has 1 aromatic heterocycles. The number of rotatable bonds is 9. The first-order valence-corrected chi connectivity index (χ1v) is 11.1. The normalized spacial score (nSPS) is 15.4. The smallest absolute Gasteiger partial charge is 0.416 e. The number of unbranched alkanes of at least 4 members (excludes halogenated alkanes) is 1. The van der Waals surface area contributed by atoms with E-state index in [-0.39, 0.29) is 5.91 Å². The summed E-state index contributed by atoms with van der Waals surface area (Å²) in [7, 11) is 0. The first-order chi connectivity index (χ1) is 14.9. The van der Waals surface area contributed by atoms with Gasteiger partial charge in [-0.25, -0.2) is 0 Å². The summed E-state index contributed by atoms with van der Waals surface area (Å²) in [5, 5.41) is 2.85. The fraction of sp³-hybridized carbons (Fsp3) is 0.542. The van der Waals surface area contributed by atoms with E-state index in [1.54, 1.807) is 18.2 Å². The number of halogens is 3. The van der Waals surface area contributed by atoms with Crippen LogP contribution in [0.15, 0.2) is 40.8 Å². The Balaban J connectivity index is 1.69. The first kappa shape index (κ1) is 23.4. The van der Waals surface area contributed by atoms with E-state index in [1.807, 2.05) is 6.07 Å². The molecule has 0 saturated heterocycles. The lowest BCUT2D eigenvalue weighted by molar-refractivity contribution is -0.137. The molecule has 0 atom stereocenters. The Hall–Kier alpha value is -2.28. The molecule has 31 heavy (non-hydrogen) atoms. The lowest BCUT2D eigenvalue weighted by atomic mass is 9.93. The van der Waals surface area contributed by atoms with Crippen LogP contribution in [0.4, 0.5) is 13.2 Å². The van der Waals surface area contributed by atoms with Crippen molar-refractivity contribution in [3.63, 3.8) is 0 Å². The Morgan fingerprint density at radius 3 is 2.42 bits per heavy atom. The quantitative estimate of drug-likeness (QED) is 0.479. The largest absolute Gasteiger partial charge is 0.455 e. The zero-order chi connectivity index (χ0) is 22.3. The maximum Gasteiger partial charge on any atom is 0.416 e. The molecule has 1 aliphatic rings. The van der Waals surface area contributed by atoms with E-state index in [1.165, 1.54) is 6.42 Å². The molecule has 2 aromatic rings. The van der Waals surface area contributed by atoms with Crippen LogP contribution in [0, 0.1) is 0 Å². The number of nitrogens with zero attached hydrogens (tertiary/aromatic N) is 1. The third kappa shape index (κ3) is 6.86. The number of alkyl halides is 3. The van der Waals surface area contributed by atoms with Crippen molar-refractivity contribution in [2.24, 2.45) is 0 Å². The molecule has 3 rings (SSSR count). The average molecular weight is 437 g/mol. The van der Waals surface area contributed by atoms with E-state index in [0.717, 1.165) is 56.2 Å². The van der Waals surface area contributed by atoms with Crippen LogP contribution in [0.2, 0.25) is 0 Å². The summed E-state index contributed by atoms with van der Waals surface area (Å²) in [5.74, 6) is 0.772. The Labute approximate surface area is 181 Å². The van der Waals surface area contributed by atoms with E-state index < -0.39 is 11.7 Å². The number of amides is 1. The molecule has 1 aliphatic carbocycles. The second-order valence-electron chi connectivity index (χ2n) is 8.27. The van der Waals surface area contributed by atoms with Crippen LogP contribution < -0.4 is 5.32 Å². The summed E-state index contributed by atoms with van der Waals surface area (Å²) in [5.41, 5.74) is 0.202. The second-order valence-corrected chi connectivity index (χ2v) is 8.27. The number of hydrogen-bond acceptors (Lipinski definition) is 3. The van der Waals surface area contributed by atoms with Gasteiger partial charge in [0.05, 0.1) is 12.1 Å². The van der Waals surface area contributed by atoms with Crippen LogP contribution in [0.3, 0.4) is 0 Å². The van der Waals surface area contributed by atoms with Crippen molar-refractivity contribution in [1.29, 1.82) is 0 Å². The fourth-order valence-corrected chi connectivity index (χ4v) is 4.04. The summed E-state index contributed by atoms with van der Waals surface area (Å²) in [6.45, 7) is 3.75. The average Bonchev–Trinajstić information content (AvgIpc) is 3.22. The standard InChI is InChI=1S/C24H31F3N2O2/c1-2-3-15-28-23(30)22-14-13-21(31-22)17-29(20-7-5-4-6-8-20)16-18-9-11-19(12-10-18)24(25,26)27/h9-14,20H,2-8,15-17H2,1H3,(H,28,30). The van der Waals surface area contributed by atoms with Gasteiger partial charge in [-0.05, 0) is 49.1 Å². The van der Waals surface area contributed by atoms with Gasteiger partial charge in [-0.2, -0.15) is 13.2 Å². The van der Waals surface area contributed by atoms with Crippen molar-refractivity contribution < 1.29 is 22.4 Å². The summed E-state index contributed by atoms with van der Waals surface area (Å²) in [6.07, 6.45) is 3.23. The van der Waals surface area contributed by atoms with E-state index in [0.29, 0.717) is 37.2 Å². The second kappa shape index (κ2) is 10.8. The molecule has 1 amide bonds. The maximum absolute atomic E-state index is 12.9. The molecule has 1 heterocycles. The third-order valence-corrected chi connectivity index (χ3v) is 5.82. The van der Waals surface area contributed by atoms with E-state index in [9.17, 15) is 18.0 Å². The monoisotopic (exact) mass is 436 g/mol. The van der Waals surface area contributed by atoms with Gasteiger partial charge in [0.1, 0.15) is 5.76 Å². The Morgan fingerprint density at radius 1 is 1.06 bits per heavy atom. The summed E-state index contributed by atoms with van der Waals surface area (Å²) >= 11 is 0. The number of nitrogens with one attached hydrogen (secondary N) is 1. The van der Waals surface area contributed by atoms with E-state index in [2.05, 4.69) is 17.1 Å². The van der Waals surface area contributed by atoms with E-state index in [4.69, 9.17) is 4.42 Å². The highest BCUT2D eigenvalue weighted by atomic mass is 19.4. The molecule has 0 spiro atoms. The van der Waals surface area contributed by atoms with Crippen molar-refractivity contribution in [3.05, 3.63) is 59.0 Å². The zero-order valence-corrected chi connectivity index (χ0v) is 18.0. The molecule has 7 heteroatoms. The Morgan fingerprint density at radius 2 is 1.77 bits per heavy atom. The van der Waals surface area contributed by atoms with Crippen LogP contribution in [0.1, 0.15) is 79.3 Å². The lowest BCUT2D eigenvalue weighted by Gasteiger charge is -2.34.